The topological polar surface area (TPSA) is 60.1 Å². The number of para-hydroxylation sites is 2. The molecule has 0 saturated carbocycles. The molecule has 4 rings (SSSR count). The molecule has 0 N–H and O–H groups in total. The Hall–Kier alpha value is -2.78. The van der Waals surface area contributed by atoms with E-state index in [2.05, 4.69) is 27.0 Å². The third kappa shape index (κ3) is 2.34. The number of benzene rings is 2. The van der Waals surface area contributed by atoms with Crippen LogP contribution in [0.4, 0.5) is 0 Å². The standard InChI is InChI=1S/C18H12BrN3O2/c1-22-15-5-3-2-4-14(15)21-18(22)12(9-20)6-11-7-16-17(8-13(11)19)24-10-23-16/h2-8H,10H2,1H3/b12-6+. The Kier molecular flexibility index (Phi) is 3.51. The molecule has 0 spiro atoms. The summed E-state index contributed by atoms with van der Waals surface area (Å²) in [6.07, 6.45) is 1.80. The zero-order chi connectivity index (χ0) is 16.7. The number of aryl methyl sites for hydroxylation is 1. The van der Waals surface area contributed by atoms with Crippen LogP contribution in [0.2, 0.25) is 0 Å². The van der Waals surface area contributed by atoms with Gasteiger partial charge >= 0.3 is 0 Å². The quantitative estimate of drug-likeness (QED) is 0.626. The number of hydrogen-bond donors (Lipinski definition) is 0. The Balaban J connectivity index is 1.85. The van der Waals surface area contributed by atoms with E-state index in [1.165, 1.54) is 0 Å². The van der Waals surface area contributed by atoms with Gasteiger partial charge in [-0.2, -0.15) is 5.26 Å². The summed E-state index contributed by atoms with van der Waals surface area (Å²) in [4.78, 5) is 4.58. The van der Waals surface area contributed by atoms with Crippen molar-refractivity contribution in [1.82, 2.24) is 9.55 Å². The molecule has 0 aliphatic carbocycles. The first kappa shape index (κ1) is 14.8. The van der Waals surface area contributed by atoms with Crippen molar-refractivity contribution in [3.8, 4) is 17.6 Å². The summed E-state index contributed by atoms with van der Waals surface area (Å²) < 4.78 is 13.5. The maximum Gasteiger partial charge on any atom is 0.231 e. The molecule has 0 fully saturated rings. The summed E-state index contributed by atoms with van der Waals surface area (Å²) in [6, 6.07) is 13.8. The molecule has 1 aromatic heterocycles. The second-order valence-electron chi connectivity index (χ2n) is 5.38. The van der Waals surface area contributed by atoms with Crippen LogP contribution < -0.4 is 9.47 Å². The van der Waals surface area contributed by atoms with Gasteiger partial charge in [-0.05, 0) is 35.9 Å². The lowest BCUT2D eigenvalue weighted by Crippen LogP contribution is -1.96. The summed E-state index contributed by atoms with van der Waals surface area (Å²) in [6.45, 7) is 0.213. The zero-order valence-electron chi connectivity index (χ0n) is 12.8. The fourth-order valence-corrected chi connectivity index (χ4v) is 3.17. The molecule has 0 amide bonds. The maximum atomic E-state index is 9.63. The molecule has 118 valence electrons. The lowest BCUT2D eigenvalue weighted by atomic mass is 10.1. The van der Waals surface area contributed by atoms with Crippen molar-refractivity contribution in [3.63, 3.8) is 0 Å². The number of imidazole rings is 1. The van der Waals surface area contributed by atoms with Crippen molar-refractivity contribution in [3.05, 3.63) is 52.3 Å². The molecule has 24 heavy (non-hydrogen) atoms. The van der Waals surface area contributed by atoms with Crippen LogP contribution in [0.5, 0.6) is 11.5 Å². The van der Waals surface area contributed by atoms with Gasteiger partial charge in [0.25, 0.3) is 0 Å². The Bertz CT molecular complexity index is 1030. The van der Waals surface area contributed by atoms with E-state index >= 15 is 0 Å². The van der Waals surface area contributed by atoms with Crippen molar-refractivity contribution < 1.29 is 9.47 Å². The number of rotatable bonds is 2. The van der Waals surface area contributed by atoms with Gasteiger partial charge < -0.3 is 14.0 Å². The SMILES string of the molecule is Cn1c(/C(C#N)=C/c2cc3c(cc2Br)OCO3)nc2ccccc21. The number of ether oxygens (including phenoxy) is 2. The van der Waals surface area contributed by atoms with Crippen LogP contribution in [0.3, 0.4) is 0 Å². The Morgan fingerprint density at radius 3 is 2.79 bits per heavy atom. The highest BCUT2D eigenvalue weighted by Crippen LogP contribution is 2.38. The molecule has 0 bridgehead atoms. The van der Waals surface area contributed by atoms with Gasteiger partial charge in [-0.1, -0.05) is 28.1 Å². The Morgan fingerprint density at radius 1 is 1.29 bits per heavy atom. The van der Waals surface area contributed by atoms with E-state index in [0.717, 1.165) is 21.1 Å². The monoisotopic (exact) mass is 381 g/mol. The highest BCUT2D eigenvalue weighted by Gasteiger charge is 2.17. The number of nitrogens with zero attached hydrogens (tertiary/aromatic N) is 3. The maximum absolute atomic E-state index is 9.63. The highest BCUT2D eigenvalue weighted by atomic mass is 79.9. The fraction of sp³-hybridized carbons (Fsp3) is 0.111. The molecular weight excluding hydrogens is 370 g/mol. The van der Waals surface area contributed by atoms with E-state index in [4.69, 9.17) is 9.47 Å². The van der Waals surface area contributed by atoms with Crippen molar-refractivity contribution in [2.45, 2.75) is 0 Å². The number of aromatic nitrogens is 2. The molecule has 1 aliphatic heterocycles. The summed E-state index contributed by atoms with van der Waals surface area (Å²) in [7, 11) is 1.91. The van der Waals surface area contributed by atoms with Crippen LogP contribution >= 0.6 is 15.9 Å². The van der Waals surface area contributed by atoms with Gasteiger partial charge in [-0.15, -0.1) is 0 Å². The van der Waals surface area contributed by atoms with Crippen LogP contribution in [0.15, 0.2) is 40.9 Å². The van der Waals surface area contributed by atoms with Crippen LogP contribution in [-0.2, 0) is 7.05 Å². The minimum Gasteiger partial charge on any atom is -0.454 e. The molecule has 2 aromatic carbocycles. The second-order valence-corrected chi connectivity index (χ2v) is 6.23. The molecule has 5 nitrogen and oxygen atoms in total. The van der Waals surface area contributed by atoms with Crippen molar-refractivity contribution in [2.24, 2.45) is 7.05 Å². The third-order valence-electron chi connectivity index (χ3n) is 3.94. The molecule has 2 heterocycles. The average molecular weight is 382 g/mol. The highest BCUT2D eigenvalue weighted by molar-refractivity contribution is 9.10. The largest absolute Gasteiger partial charge is 0.454 e. The first-order valence-corrected chi connectivity index (χ1v) is 8.09. The fourth-order valence-electron chi connectivity index (χ4n) is 2.73. The van der Waals surface area contributed by atoms with Gasteiger partial charge in [0.1, 0.15) is 6.07 Å². The lowest BCUT2D eigenvalue weighted by Gasteiger charge is -2.04. The lowest BCUT2D eigenvalue weighted by molar-refractivity contribution is 0.174. The number of allylic oxidation sites excluding steroid dienone is 1. The number of halogens is 1. The van der Waals surface area contributed by atoms with Gasteiger partial charge in [0, 0.05) is 11.5 Å². The van der Waals surface area contributed by atoms with E-state index in [1.54, 1.807) is 6.08 Å². The number of fused-ring (bicyclic) bond motifs is 2. The Labute approximate surface area is 146 Å². The predicted molar refractivity (Wildman–Crippen MR) is 94.5 cm³/mol. The van der Waals surface area contributed by atoms with E-state index in [0.29, 0.717) is 22.9 Å². The summed E-state index contributed by atoms with van der Waals surface area (Å²) in [5.41, 5.74) is 3.16. The first-order valence-electron chi connectivity index (χ1n) is 7.30. The smallest absolute Gasteiger partial charge is 0.231 e. The van der Waals surface area contributed by atoms with Gasteiger partial charge in [0.2, 0.25) is 6.79 Å². The Morgan fingerprint density at radius 2 is 2.04 bits per heavy atom. The van der Waals surface area contributed by atoms with Crippen LogP contribution in [0.25, 0.3) is 22.7 Å². The van der Waals surface area contributed by atoms with E-state index in [1.807, 2.05) is 48.0 Å². The molecule has 0 radical (unpaired) electrons. The minimum atomic E-state index is 0.213. The zero-order valence-corrected chi connectivity index (χ0v) is 14.4. The van der Waals surface area contributed by atoms with Crippen LogP contribution in [-0.4, -0.2) is 16.3 Å². The van der Waals surface area contributed by atoms with Crippen LogP contribution in [0, 0.1) is 11.3 Å². The molecule has 3 aromatic rings. The third-order valence-corrected chi connectivity index (χ3v) is 4.63. The molecular formula is C18H12BrN3O2. The van der Waals surface area contributed by atoms with E-state index in [9.17, 15) is 5.26 Å². The first-order chi connectivity index (χ1) is 11.7. The van der Waals surface area contributed by atoms with Crippen molar-refractivity contribution >= 4 is 38.6 Å². The normalized spacial score (nSPS) is 13.3. The van der Waals surface area contributed by atoms with E-state index in [-0.39, 0.29) is 6.79 Å². The van der Waals surface area contributed by atoms with E-state index < -0.39 is 0 Å². The summed E-state index contributed by atoms with van der Waals surface area (Å²) in [5, 5.41) is 9.63. The molecule has 0 saturated heterocycles. The van der Waals surface area contributed by atoms with Crippen LogP contribution in [0.1, 0.15) is 11.4 Å². The van der Waals surface area contributed by atoms with Gasteiger partial charge in [-0.25, -0.2) is 4.98 Å². The molecule has 1 aliphatic rings. The molecule has 0 unspecified atom stereocenters. The minimum absolute atomic E-state index is 0.213. The van der Waals surface area contributed by atoms with Gasteiger partial charge in [-0.3, -0.25) is 0 Å². The number of nitriles is 1. The van der Waals surface area contributed by atoms with Gasteiger partial charge in [0.05, 0.1) is 16.6 Å². The number of hydrogen-bond acceptors (Lipinski definition) is 4. The molecule has 6 heteroatoms. The predicted octanol–water partition coefficient (Wildman–Crippen LogP) is 4.13. The summed E-state index contributed by atoms with van der Waals surface area (Å²) >= 11 is 3.52. The van der Waals surface area contributed by atoms with Gasteiger partial charge in [0.15, 0.2) is 17.3 Å². The van der Waals surface area contributed by atoms with Crippen molar-refractivity contribution in [1.29, 1.82) is 5.26 Å². The second kappa shape index (κ2) is 5.69. The molecule has 0 atom stereocenters. The summed E-state index contributed by atoms with van der Waals surface area (Å²) in [5.74, 6) is 2.00. The van der Waals surface area contributed by atoms with Crippen molar-refractivity contribution in [2.75, 3.05) is 6.79 Å². The average Bonchev–Trinajstić information content (AvgIpc) is 3.17.